The number of benzene rings is 2. The molecular formula is C23H26N2O4. The number of nitrogens with one attached hydrogen (secondary N) is 1. The van der Waals surface area contributed by atoms with Gasteiger partial charge in [-0.05, 0) is 56.7 Å². The zero-order valence-corrected chi connectivity index (χ0v) is 17.0. The number of anilines is 1. The van der Waals surface area contributed by atoms with E-state index in [4.69, 9.17) is 9.47 Å². The van der Waals surface area contributed by atoms with Gasteiger partial charge in [0.05, 0.1) is 13.2 Å². The van der Waals surface area contributed by atoms with Crippen LogP contribution >= 0.6 is 0 Å². The first-order chi connectivity index (χ1) is 13.9. The molecule has 1 N–H and O–H groups in total. The van der Waals surface area contributed by atoms with Crippen LogP contribution in [-0.2, 0) is 4.79 Å². The highest BCUT2D eigenvalue weighted by atomic mass is 16.5. The number of nitrogens with zero attached hydrogens (tertiary/aromatic N) is 1. The molecule has 0 bridgehead atoms. The minimum absolute atomic E-state index is 0.138. The fourth-order valence-corrected chi connectivity index (χ4v) is 4.04. The predicted octanol–water partition coefficient (Wildman–Crippen LogP) is 3.85. The average Bonchev–Trinajstić information content (AvgIpc) is 3.12. The van der Waals surface area contributed by atoms with E-state index < -0.39 is 5.60 Å². The highest BCUT2D eigenvalue weighted by Gasteiger charge is 2.35. The molecule has 29 heavy (non-hydrogen) atoms. The highest BCUT2D eigenvalue weighted by molar-refractivity contribution is 5.97. The van der Waals surface area contributed by atoms with Gasteiger partial charge in [0.25, 0.3) is 5.91 Å². The normalized spacial score (nSPS) is 20.0. The topological polar surface area (TPSA) is 67.9 Å². The molecule has 2 amide bonds. The van der Waals surface area contributed by atoms with E-state index >= 15 is 0 Å². The van der Waals surface area contributed by atoms with Crippen molar-refractivity contribution in [3.63, 3.8) is 0 Å². The van der Waals surface area contributed by atoms with Crippen molar-refractivity contribution >= 4 is 17.5 Å². The summed E-state index contributed by atoms with van der Waals surface area (Å²) in [7, 11) is 1.62. The zero-order valence-electron chi connectivity index (χ0n) is 17.0. The molecule has 0 spiro atoms. The number of rotatable bonds is 4. The molecule has 1 atom stereocenters. The summed E-state index contributed by atoms with van der Waals surface area (Å²) in [5, 5.41) is 3.14. The van der Waals surface area contributed by atoms with Crippen molar-refractivity contribution in [3.05, 3.63) is 53.6 Å². The molecule has 152 valence electrons. The zero-order chi connectivity index (χ0) is 20.6. The molecule has 6 nitrogen and oxygen atoms in total. The van der Waals surface area contributed by atoms with Gasteiger partial charge in [0.15, 0.2) is 0 Å². The minimum Gasteiger partial charge on any atom is -0.497 e. The van der Waals surface area contributed by atoms with Gasteiger partial charge in [0.1, 0.15) is 17.1 Å². The summed E-state index contributed by atoms with van der Waals surface area (Å²) >= 11 is 0. The first-order valence-electron chi connectivity index (χ1n) is 9.94. The minimum atomic E-state index is -0.405. The molecular weight excluding hydrogens is 368 g/mol. The monoisotopic (exact) mass is 394 g/mol. The Hall–Kier alpha value is -3.02. The third-order valence-corrected chi connectivity index (χ3v) is 5.50. The van der Waals surface area contributed by atoms with E-state index in [0.717, 1.165) is 35.7 Å². The summed E-state index contributed by atoms with van der Waals surface area (Å²) < 4.78 is 11.4. The van der Waals surface area contributed by atoms with Crippen LogP contribution in [0.3, 0.4) is 0 Å². The molecule has 2 aliphatic rings. The number of fused-ring (bicyclic) bond motifs is 1. The van der Waals surface area contributed by atoms with Crippen LogP contribution in [0, 0.1) is 0 Å². The largest absolute Gasteiger partial charge is 0.497 e. The van der Waals surface area contributed by atoms with Gasteiger partial charge in [-0.25, -0.2) is 0 Å². The summed E-state index contributed by atoms with van der Waals surface area (Å²) in [6, 6.07) is 12.7. The fraction of sp³-hybridized carbons (Fsp3) is 0.391. The molecule has 0 unspecified atom stereocenters. The Bertz CT molecular complexity index is 936. The maximum absolute atomic E-state index is 12.9. The molecule has 2 aromatic carbocycles. The van der Waals surface area contributed by atoms with Crippen LogP contribution in [0.5, 0.6) is 11.5 Å². The Morgan fingerprint density at radius 3 is 2.62 bits per heavy atom. The van der Waals surface area contributed by atoms with Gasteiger partial charge in [-0.1, -0.05) is 0 Å². The summed E-state index contributed by atoms with van der Waals surface area (Å²) in [4.78, 5) is 26.6. The maximum atomic E-state index is 12.9. The molecule has 0 aliphatic carbocycles. The van der Waals surface area contributed by atoms with Crippen molar-refractivity contribution in [2.24, 2.45) is 0 Å². The number of methoxy groups -OCH3 is 1. The third kappa shape index (κ3) is 3.92. The second kappa shape index (κ2) is 7.43. The van der Waals surface area contributed by atoms with Crippen LogP contribution in [0.25, 0.3) is 0 Å². The summed E-state index contributed by atoms with van der Waals surface area (Å²) in [5.74, 6) is 1.44. The average molecular weight is 394 g/mol. The summed E-state index contributed by atoms with van der Waals surface area (Å²) in [6.07, 6.45) is 2.13. The Kier molecular flexibility index (Phi) is 4.94. The second-order valence-electron chi connectivity index (χ2n) is 8.19. The van der Waals surface area contributed by atoms with Crippen LogP contribution in [0.15, 0.2) is 42.5 Å². The van der Waals surface area contributed by atoms with Crippen molar-refractivity contribution in [1.29, 1.82) is 0 Å². The van der Waals surface area contributed by atoms with Crippen LogP contribution in [0.1, 0.15) is 55.1 Å². The summed E-state index contributed by atoms with van der Waals surface area (Å²) in [5.41, 5.74) is 1.95. The van der Waals surface area contributed by atoms with Crippen LogP contribution in [-0.4, -0.2) is 31.1 Å². The smallest absolute Gasteiger partial charge is 0.251 e. The fourth-order valence-electron chi connectivity index (χ4n) is 4.04. The van der Waals surface area contributed by atoms with E-state index in [-0.39, 0.29) is 17.9 Å². The molecule has 0 saturated carbocycles. The lowest BCUT2D eigenvalue weighted by Crippen LogP contribution is -2.41. The first kappa shape index (κ1) is 19.3. The van der Waals surface area contributed by atoms with Crippen LogP contribution < -0.4 is 19.7 Å². The first-order valence-corrected chi connectivity index (χ1v) is 9.94. The van der Waals surface area contributed by atoms with Crippen molar-refractivity contribution in [2.45, 2.75) is 44.8 Å². The molecule has 6 heteroatoms. The van der Waals surface area contributed by atoms with Gasteiger partial charge in [-0.2, -0.15) is 0 Å². The van der Waals surface area contributed by atoms with Crippen molar-refractivity contribution < 1.29 is 19.1 Å². The number of hydrogen-bond acceptors (Lipinski definition) is 4. The molecule has 1 fully saturated rings. The lowest BCUT2D eigenvalue weighted by Gasteiger charge is -2.38. The molecule has 2 heterocycles. The number of amides is 2. The van der Waals surface area contributed by atoms with Gasteiger partial charge in [0, 0.05) is 42.3 Å². The van der Waals surface area contributed by atoms with E-state index in [1.165, 1.54) is 0 Å². The molecule has 4 rings (SSSR count). The second-order valence-corrected chi connectivity index (χ2v) is 8.19. The Labute approximate surface area is 170 Å². The van der Waals surface area contributed by atoms with E-state index in [1.54, 1.807) is 24.1 Å². The Morgan fingerprint density at radius 1 is 1.21 bits per heavy atom. The maximum Gasteiger partial charge on any atom is 0.251 e. The van der Waals surface area contributed by atoms with E-state index in [9.17, 15) is 9.59 Å². The molecule has 2 aromatic rings. The van der Waals surface area contributed by atoms with Crippen molar-refractivity contribution in [1.82, 2.24) is 5.32 Å². The number of carbonyl (C=O) groups excluding carboxylic acids is 2. The van der Waals surface area contributed by atoms with Gasteiger partial charge in [-0.3, -0.25) is 9.59 Å². The molecule has 2 aliphatic heterocycles. The van der Waals surface area contributed by atoms with Gasteiger partial charge in [0.2, 0.25) is 5.91 Å². The number of carbonyl (C=O) groups is 2. The third-order valence-electron chi connectivity index (χ3n) is 5.50. The number of ether oxygens (including phenoxy) is 2. The quantitative estimate of drug-likeness (QED) is 0.855. The molecule has 1 saturated heterocycles. The van der Waals surface area contributed by atoms with Crippen LogP contribution in [0.2, 0.25) is 0 Å². The van der Waals surface area contributed by atoms with E-state index in [1.807, 2.05) is 44.2 Å². The van der Waals surface area contributed by atoms with Gasteiger partial charge >= 0.3 is 0 Å². The highest BCUT2D eigenvalue weighted by Crippen LogP contribution is 2.41. The van der Waals surface area contributed by atoms with Gasteiger partial charge in [-0.15, -0.1) is 0 Å². The van der Waals surface area contributed by atoms with Gasteiger partial charge < -0.3 is 19.7 Å². The molecule has 0 radical (unpaired) electrons. The SMILES string of the molecule is COc1ccc2c(c1)OC(C)(C)C[C@@H]2NC(=O)c1ccc(N2CCCC2=O)cc1. The van der Waals surface area contributed by atoms with E-state index in [0.29, 0.717) is 18.4 Å². The summed E-state index contributed by atoms with van der Waals surface area (Å²) in [6.45, 7) is 4.76. The Balaban J connectivity index is 1.53. The van der Waals surface area contributed by atoms with Crippen LogP contribution in [0.4, 0.5) is 5.69 Å². The number of hydrogen-bond donors (Lipinski definition) is 1. The lowest BCUT2D eigenvalue weighted by atomic mass is 9.89. The standard InChI is InChI=1S/C23H26N2O4/c1-23(2)14-19(18-11-10-17(28-3)13-20(18)29-23)24-22(27)15-6-8-16(9-7-15)25-12-4-5-21(25)26/h6-11,13,19H,4-5,12,14H2,1-3H3,(H,24,27)/t19-/m0/s1. The van der Waals surface area contributed by atoms with Crippen molar-refractivity contribution in [3.8, 4) is 11.5 Å². The Morgan fingerprint density at radius 2 is 1.97 bits per heavy atom. The van der Waals surface area contributed by atoms with E-state index in [2.05, 4.69) is 5.32 Å². The lowest BCUT2D eigenvalue weighted by molar-refractivity contribution is -0.117. The molecule has 0 aromatic heterocycles. The van der Waals surface area contributed by atoms with Crippen molar-refractivity contribution in [2.75, 3.05) is 18.6 Å². The predicted molar refractivity (Wildman–Crippen MR) is 111 cm³/mol.